The van der Waals surface area contributed by atoms with Crippen molar-refractivity contribution in [2.24, 2.45) is 5.92 Å². The van der Waals surface area contributed by atoms with E-state index in [-0.39, 0.29) is 48.8 Å². The van der Waals surface area contributed by atoms with Gasteiger partial charge in [0.2, 0.25) is 11.8 Å². The minimum absolute atomic E-state index is 0.0422. The zero-order valence-corrected chi connectivity index (χ0v) is 15.3. The SMILES string of the molecule is CC1CN(c2ccc(CNC(=O)CNC(=O)C3CC3)cc2F)CC(C)O1. The van der Waals surface area contributed by atoms with Crippen LogP contribution in [-0.4, -0.2) is 43.7 Å². The molecule has 2 aliphatic rings. The van der Waals surface area contributed by atoms with E-state index in [1.165, 1.54) is 6.07 Å². The van der Waals surface area contributed by atoms with Crippen LogP contribution in [0.4, 0.5) is 10.1 Å². The number of carbonyl (C=O) groups excluding carboxylic acids is 2. The van der Waals surface area contributed by atoms with Crippen molar-refractivity contribution in [3.63, 3.8) is 0 Å². The molecule has 26 heavy (non-hydrogen) atoms. The van der Waals surface area contributed by atoms with Crippen molar-refractivity contribution in [2.75, 3.05) is 24.5 Å². The Morgan fingerprint density at radius 1 is 1.19 bits per heavy atom. The van der Waals surface area contributed by atoms with Gasteiger partial charge in [-0.3, -0.25) is 9.59 Å². The third kappa shape index (κ3) is 4.94. The number of hydrogen-bond donors (Lipinski definition) is 2. The average Bonchev–Trinajstić information content (AvgIpc) is 3.42. The molecule has 0 bridgehead atoms. The molecular formula is C19H26FN3O3. The van der Waals surface area contributed by atoms with Gasteiger partial charge in [-0.15, -0.1) is 0 Å². The van der Waals surface area contributed by atoms with Gasteiger partial charge in [-0.2, -0.15) is 0 Å². The molecule has 3 rings (SSSR count). The van der Waals surface area contributed by atoms with Crippen molar-refractivity contribution in [1.29, 1.82) is 0 Å². The Hall–Kier alpha value is -2.15. The Balaban J connectivity index is 1.50. The highest BCUT2D eigenvalue weighted by atomic mass is 19.1. The minimum atomic E-state index is -0.305. The lowest BCUT2D eigenvalue weighted by molar-refractivity contribution is -0.126. The van der Waals surface area contributed by atoms with Crippen LogP contribution in [0.1, 0.15) is 32.3 Å². The van der Waals surface area contributed by atoms with Gasteiger partial charge in [0.15, 0.2) is 0 Å². The van der Waals surface area contributed by atoms with Crippen LogP contribution in [-0.2, 0) is 20.9 Å². The van der Waals surface area contributed by atoms with Crippen molar-refractivity contribution in [1.82, 2.24) is 10.6 Å². The molecule has 2 N–H and O–H groups in total. The molecule has 0 radical (unpaired) electrons. The molecule has 2 unspecified atom stereocenters. The van der Waals surface area contributed by atoms with Gasteiger partial charge < -0.3 is 20.3 Å². The molecule has 1 aromatic rings. The lowest BCUT2D eigenvalue weighted by atomic mass is 10.1. The Morgan fingerprint density at radius 3 is 2.50 bits per heavy atom. The molecule has 1 aliphatic heterocycles. The first-order valence-electron chi connectivity index (χ1n) is 9.15. The summed E-state index contributed by atoms with van der Waals surface area (Å²) in [4.78, 5) is 25.3. The number of ether oxygens (including phenoxy) is 1. The summed E-state index contributed by atoms with van der Waals surface area (Å²) in [5, 5.41) is 5.31. The molecule has 2 atom stereocenters. The van der Waals surface area contributed by atoms with Crippen molar-refractivity contribution < 1.29 is 18.7 Å². The number of halogens is 1. The summed E-state index contributed by atoms with van der Waals surface area (Å²) in [5.74, 6) is -0.570. The first kappa shape index (κ1) is 18.6. The third-order valence-corrected chi connectivity index (χ3v) is 4.63. The largest absolute Gasteiger partial charge is 0.372 e. The molecule has 1 aliphatic carbocycles. The second kappa shape index (κ2) is 8.03. The van der Waals surface area contributed by atoms with Crippen LogP contribution in [0, 0.1) is 11.7 Å². The lowest BCUT2D eigenvalue weighted by Gasteiger charge is -2.37. The molecule has 0 spiro atoms. The molecule has 1 aromatic carbocycles. The fraction of sp³-hybridized carbons (Fsp3) is 0.579. The summed E-state index contributed by atoms with van der Waals surface area (Å²) in [6.07, 6.45) is 1.92. The van der Waals surface area contributed by atoms with E-state index in [4.69, 9.17) is 4.74 Å². The van der Waals surface area contributed by atoms with Crippen molar-refractivity contribution in [3.8, 4) is 0 Å². The zero-order valence-electron chi connectivity index (χ0n) is 15.3. The minimum Gasteiger partial charge on any atom is -0.372 e. The number of carbonyl (C=O) groups is 2. The number of benzene rings is 1. The first-order chi connectivity index (χ1) is 12.4. The molecular weight excluding hydrogens is 337 g/mol. The summed E-state index contributed by atoms with van der Waals surface area (Å²) in [5.41, 5.74) is 1.24. The lowest BCUT2D eigenvalue weighted by Crippen LogP contribution is -2.45. The van der Waals surface area contributed by atoms with Gasteiger partial charge in [-0.1, -0.05) is 6.07 Å². The summed E-state index contributed by atoms with van der Waals surface area (Å²) in [6, 6.07) is 5.01. The predicted molar refractivity (Wildman–Crippen MR) is 96.2 cm³/mol. The maximum atomic E-state index is 14.5. The van der Waals surface area contributed by atoms with E-state index in [2.05, 4.69) is 10.6 Å². The number of rotatable bonds is 6. The van der Waals surface area contributed by atoms with Crippen LogP contribution in [0.5, 0.6) is 0 Å². The number of anilines is 1. The third-order valence-electron chi connectivity index (χ3n) is 4.63. The summed E-state index contributed by atoms with van der Waals surface area (Å²) >= 11 is 0. The number of amides is 2. The van der Waals surface area contributed by atoms with Crippen LogP contribution in [0.15, 0.2) is 18.2 Å². The Kier molecular flexibility index (Phi) is 5.76. The van der Waals surface area contributed by atoms with E-state index >= 15 is 0 Å². The van der Waals surface area contributed by atoms with E-state index in [1.54, 1.807) is 6.07 Å². The van der Waals surface area contributed by atoms with Crippen LogP contribution in [0.3, 0.4) is 0 Å². The molecule has 1 heterocycles. The monoisotopic (exact) mass is 363 g/mol. The molecule has 1 saturated carbocycles. The fourth-order valence-corrected chi connectivity index (χ4v) is 3.21. The highest BCUT2D eigenvalue weighted by Crippen LogP contribution is 2.28. The normalized spacial score (nSPS) is 22.8. The van der Waals surface area contributed by atoms with Gasteiger partial charge in [0, 0.05) is 25.6 Å². The van der Waals surface area contributed by atoms with Gasteiger partial charge in [0.1, 0.15) is 5.82 Å². The van der Waals surface area contributed by atoms with Crippen molar-refractivity contribution in [2.45, 2.75) is 45.4 Å². The molecule has 1 saturated heterocycles. The second-order valence-corrected chi connectivity index (χ2v) is 7.22. The highest BCUT2D eigenvalue weighted by molar-refractivity contribution is 5.86. The van der Waals surface area contributed by atoms with E-state index in [1.807, 2.05) is 24.8 Å². The summed E-state index contributed by atoms with van der Waals surface area (Å²) in [6.45, 7) is 5.44. The Bertz CT molecular complexity index is 668. The van der Waals surface area contributed by atoms with E-state index < -0.39 is 0 Å². The maximum absolute atomic E-state index is 14.5. The predicted octanol–water partition coefficient (Wildman–Crippen LogP) is 1.58. The zero-order chi connectivity index (χ0) is 18.7. The van der Waals surface area contributed by atoms with Gasteiger partial charge in [0.25, 0.3) is 0 Å². The molecule has 142 valence electrons. The molecule has 6 nitrogen and oxygen atoms in total. The van der Waals surface area contributed by atoms with Gasteiger partial charge >= 0.3 is 0 Å². The summed E-state index contributed by atoms with van der Waals surface area (Å²) in [7, 11) is 0. The number of nitrogens with zero attached hydrogens (tertiary/aromatic N) is 1. The Morgan fingerprint density at radius 2 is 1.88 bits per heavy atom. The van der Waals surface area contributed by atoms with Crippen LogP contribution in [0.2, 0.25) is 0 Å². The fourth-order valence-electron chi connectivity index (χ4n) is 3.21. The van der Waals surface area contributed by atoms with E-state index in [9.17, 15) is 14.0 Å². The maximum Gasteiger partial charge on any atom is 0.239 e. The number of morpholine rings is 1. The summed E-state index contributed by atoms with van der Waals surface area (Å²) < 4.78 is 20.2. The van der Waals surface area contributed by atoms with Gasteiger partial charge in [0.05, 0.1) is 24.4 Å². The van der Waals surface area contributed by atoms with Crippen LogP contribution >= 0.6 is 0 Å². The quantitative estimate of drug-likeness (QED) is 0.805. The smallest absolute Gasteiger partial charge is 0.239 e. The first-order valence-corrected chi connectivity index (χ1v) is 9.15. The molecule has 7 heteroatoms. The van der Waals surface area contributed by atoms with Crippen molar-refractivity contribution in [3.05, 3.63) is 29.6 Å². The van der Waals surface area contributed by atoms with E-state index in [0.717, 1.165) is 12.8 Å². The van der Waals surface area contributed by atoms with Crippen LogP contribution < -0.4 is 15.5 Å². The standard InChI is InChI=1S/C19H26FN3O3/c1-12-10-23(11-13(2)26-12)17-6-3-14(7-16(17)20)8-21-18(24)9-22-19(25)15-4-5-15/h3,6-7,12-13,15H,4-5,8-11H2,1-2H3,(H,21,24)(H,22,25). The van der Waals surface area contributed by atoms with Gasteiger partial charge in [-0.25, -0.2) is 4.39 Å². The van der Waals surface area contributed by atoms with Crippen LogP contribution in [0.25, 0.3) is 0 Å². The molecule has 2 fully saturated rings. The topological polar surface area (TPSA) is 70.7 Å². The number of nitrogens with one attached hydrogen (secondary N) is 2. The second-order valence-electron chi connectivity index (χ2n) is 7.22. The van der Waals surface area contributed by atoms with E-state index in [0.29, 0.717) is 24.3 Å². The Labute approximate surface area is 153 Å². The molecule has 2 amide bonds. The van der Waals surface area contributed by atoms with Crippen molar-refractivity contribution >= 4 is 17.5 Å². The van der Waals surface area contributed by atoms with Gasteiger partial charge in [-0.05, 0) is 44.4 Å². The highest BCUT2D eigenvalue weighted by Gasteiger charge is 2.29. The number of hydrogen-bond acceptors (Lipinski definition) is 4. The average molecular weight is 363 g/mol. The molecule has 0 aromatic heterocycles.